The molecule has 0 amide bonds. The van der Waals surface area contributed by atoms with Crippen LogP contribution in [0.5, 0.6) is 5.75 Å². The van der Waals surface area contributed by atoms with Gasteiger partial charge in [0.1, 0.15) is 11.8 Å². The van der Waals surface area contributed by atoms with Gasteiger partial charge >= 0.3 is 0 Å². The number of hydrogen-bond donors (Lipinski definition) is 1. The minimum absolute atomic E-state index is 0.362. The highest BCUT2D eigenvalue weighted by Crippen LogP contribution is 2.23. The highest BCUT2D eigenvalue weighted by Gasteiger charge is 2.13. The third kappa shape index (κ3) is 2.83. The van der Waals surface area contributed by atoms with Crippen molar-refractivity contribution in [2.45, 2.75) is 6.04 Å². The van der Waals surface area contributed by atoms with E-state index in [2.05, 4.69) is 18.0 Å². The van der Waals surface area contributed by atoms with E-state index in [0.717, 1.165) is 11.3 Å². The fourth-order valence-electron chi connectivity index (χ4n) is 1.33. The van der Waals surface area contributed by atoms with Gasteiger partial charge in [0, 0.05) is 12.1 Å². The van der Waals surface area contributed by atoms with Gasteiger partial charge in [-0.05, 0) is 6.07 Å². The molecule has 3 heteroatoms. The molecule has 3 nitrogen and oxygen atoms in total. The predicted molar refractivity (Wildman–Crippen MR) is 59.5 cm³/mol. The molecule has 0 aliphatic rings. The molecule has 1 atom stereocenters. The molecule has 1 N–H and O–H groups in total. The number of nitrogens with one attached hydrogen (secondary N) is 1. The summed E-state index contributed by atoms with van der Waals surface area (Å²) < 4.78 is 5.19. The molecule has 15 heavy (non-hydrogen) atoms. The van der Waals surface area contributed by atoms with Crippen molar-refractivity contribution in [3.63, 3.8) is 0 Å². The van der Waals surface area contributed by atoms with Crippen LogP contribution in [0, 0.1) is 11.3 Å². The SMILES string of the molecule is C=CCN[C@H](C#N)c1ccccc1OC. The normalized spacial score (nSPS) is 11.5. The van der Waals surface area contributed by atoms with Crippen LogP contribution in [0.3, 0.4) is 0 Å². The van der Waals surface area contributed by atoms with E-state index < -0.39 is 0 Å². The minimum Gasteiger partial charge on any atom is -0.496 e. The van der Waals surface area contributed by atoms with E-state index in [1.807, 2.05) is 24.3 Å². The maximum absolute atomic E-state index is 9.02. The first-order valence-corrected chi connectivity index (χ1v) is 4.70. The zero-order valence-corrected chi connectivity index (χ0v) is 8.73. The van der Waals surface area contributed by atoms with Gasteiger partial charge < -0.3 is 4.74 Å². The molecule has 0 radical (unpaired) electrons. The molecule has 0 aliphatic heterocycles. The van der Waals surface area contributed by atoms with Crippen molar-refractivity contribution in [3.05, 3.63) is 42.5 Å². The number of methoxy groups -OCH3 is 1. The van der Waals surface area contributed by atoms with Crippen LogP contribution in [0.1, 0.15) is 11.6 Å². The standard InChI is InChI=1S/C12H14N2O/c1-3-8-14-11(9-13)10-6-4-5-7-12(10)15-2/h3-7,11,14H,1,8H2,2H3/t11-/m1/s1. The predicted octanol–water partition coefficient (Wildman–Crippen LogP) is 2.04. The Morgan fingerprint density at radius 1 is 1.60 bits per heavy atom. The molecule has 0 heterocycles. The third-order valence-corrected chi connectivity index (χ3v) is 2.05. The topological polar surface area (TPSA) is 45.0 Å². The van der Waals surface area contributed by atoms with Gasteiger partial charge in [-0.2, -0.15) is 5.26 Å². The average molecular weight is 202 g/mol. The number of rotatable bonds is 5. The first-order valence-electron chi connectivity index (χ1n) is 4.70. The van der Waals surface area contributed by atoms with E-state index in [-0.39, 0.29) is 6.04 Å². The number of nitrogens with zero attached hydrogens (tertiary/aromatic N) is 1. The zero-order chi connectivity index (χ0) is 11.1. The van der Waals surface area contributed by atoms with E-state index in [9.17, 15) is 0 Å². The summed E-state index contributed by atoms with van der Waals surface area (Å²) in [6, 6.07) is 9.31. The van der Waals surface area contributed by atoms with Gasteiger partial charge in [0.05, 0.1) is 13.2 Å². The van der Waals surface area contributed by atoms with E-state index >= 15 is 0 Å². The Labute approximate surface area is 90.0 Å². The molecular formula is C12H14N2O. The van der Waals surface area contributed by atoms with Crippen LogP contribution in [0.2, 0.25) is 0 Å². The third-order valence-electron chi connectivity index (χ3n) is 2.05. The molecule has 78 valence electrons. The summed E-state index contributed by atoms with van der Waals surface area (Å²) in [6.07, 6.45) is 1.72. The summed E-state index contributed by atoms with van der Waals surface area (Å²) in [6.45, 7) is 4.19. The van der Waals surface area contributed by atoms with Crippen LogP contribution in [0.15, 0.2) is 36.9 Å². The van der Waals surface area contributed by atoms with Crippen molar-refractivity contribution >= 4 is 0 Å². The molecule has 1 aromatic rings. The molecule has 1 aromatic carbocycles. The minimum atomic E-state index is -0.362. The second-order valence-electron chi connectivity index (χ2n) is 3.00. The Morgan fingerprint density at radius 2 is 2.33 bits per heavy atom. The van der Waals surface area contributed by atoms with E-state index in [0.29, 0.717) is 6.54 Å². The van der Waals surface area contributed by atoms with Crippen LogP contribution in [-0.4, -0.2) is 13.7 Å². The fourth-order valence-corrected chi connectivity index (χ4v) is 1.33. The average Bonchev–Trinajstić information content (AvgIpc) is 2.30. The molecule has 0 saturated heterocycles. The van der Waals surface area contributed by atoms with Gasteiger partial charge in [-0.15, -0.1) is 6.58 Å². The van der Waals surface area contributed by atoms with Gasteiger partial charge in [0.25, 0.3) is 0 Å². The van der Waals surface area contributed by atoms with Gasteiger partial charge in [-0.3, -0.25) is 5.32 Å². The van der Waals surface area contributed by atoms with Crippen LogP contribution < -0.4 is 10.1 Å². The molecular weight excluding hydrogens is 188 g/mol. The second-order valence-corrected chi connectivity index (χ2v) is 3.00. The van der Waals surface area contributed by atoms with Gasteiger partial charge in [0.2, 0.25) is 0 Å². The molecule has 0 aliphatic carbocycles. The smallest absolute Gasteiger partial charge is 0.125 e. The Bertz CT molecular complexity index is 368. The summed E-state index contributed by atoms with van der Waals surface area (Å²) in [5.41, 5.74) is 0.851. The molecule has 1 rings (SSSR count). The molecule has 0 fully saturated rings. The van der Waals surface area contributed by atoms with Crippen molar-refractivity contribution in [2.75, 3.05) is 13.7 Å². The molecule has 0 spiro atoms. The van der Waals surface area contributed by atoms with Crippen LogP contribution in [-0.2, 0) is 0 Å². The summed E-state index contributed by atoms with van der Waals surface area (Å²) in [4.78, 5) is 0. The lowest BCUT2D eigenvalue weighted by Gasteiger charge is -2.13. The molecule has 0 saturated carbocycles. The largest absolute Gasteiger partial charge is 0.496 e. The quantitative estimate of drug-likeness (QED) is 0.743. The maximum Gasteiger partial charge on any atom is 0.125 e. The first kappa shape index (κ1) is 11.3. The number of para-hydroxylation sites is 1. The van der Waals surface area contributed by atoms with Crippen molar-refractivity contribution in [1.29, 1.82) is 5.26 Å². The lowest BCUT2D eigenvalue weighted by molar-refractivity contribution is 0.406. The Hall–Kier alpha value is -1.79. The van der Waals surface area contributed by atoms with E-state index in [1.54, 1.807) is 13.2 Å². The lowest BCUT2D eigenvalue weighted by atomic mass is 10.1. The van der Waals surface area contributed by atoms with Gasteiger partial charge in [-0.25, -0.2) is 0 Å². The monoisotopic (exact) mass is 202 g/mol. The highest BCUT2D eigenvalue weighted by molar-refractivity contribution is 5.38. The lowest BCUT2D eigenvalue weighted by Crippen LogP contribution is -2.20. The Kier molecular flexibility index (Phi) is 4.39. The maximum atomic E-state index is 9.02. The second kappa shape index (κ2) is 5.84. The summed E-state index contributed by atoms with van der Waals surface area (Å²) in [5, 5.41) is 12.1. The number of ether oxygens (including phenoxy) is 1. The van der Waals surface area contributed by atoms with Crippen LogP contribution in [0.25, 0.3) is 0 Å². The van der Waals surface area contributed by atoms with Crippen LogP contribution >= 0.6 is 0 Å². The number of nitriles is 1. The van der Waals surface area contributed by atoms with Gasteiger partial charge in [0.15, 0.2) is 0 Å². The Balaban J connectivity index is 2.91. The van der Waals surface area contributed by atoms with Crippen molar-refractivity contribution in [1.82, 2.24) is 5.32 Å². The molecule has 0 aromatic heterocycles. The van der Waals surface area contributed by atoms with Crippen molar-refractivity contribution in [3.8, 4) is 11.8 Å². The van der Waals surface area contributed by atoms with Crippen LogP contribution in [0.4, 0.5) is 0 Å². The first-order chi connectivity index (χ1) is 7.33. The summed E-state index contributed by atoms with van der Waals surface area (Å²) in [7, 11) is 1.60. The van der Waals surface area contributed by atoms with Crippen molar-refractivity contribution in [2.24, 2.45) is 0 Å². The van der Waals surface area contributed by atoms with Gasteiger partial charge in [-0.1, -0.05) is 24.3 Å². The number of benzene rings is 1. The number of hydrogen-bond acceptors (Lipinski definition) is 3. The highest BCUT2D eigenvalue weighted by atomic mass is 16.5. The molecule has 0 unspecified atom stereocenters. The van der Waals surface area contributed by atoms with E-state index in [4.69, 9.17) is 10.00 Å². The summed E-state index contributed by atoms with van der Waals surface area (Å²) in [5.74, 6) is 0.723. The Morgan fingerprint density at radius 3 is 2.93 bits per heavy atom. The zero-order valence-electron chi connectivity index (χ0n) is 8.73. The fraction of sp³-hybridized carbons (Fsp3) is 0.250. The van der Waals surface area contributed by atoms with E-state index in [1.165, 1.54) is 0 Å². The summed E-state index contributed by atoms with van der Waals surface area (Å²) >= 11 is 0. The van der Waals surface area contributed by atoms with Crippen molar-refractivity contribution < 1.29 is 4.74 Å². The molecule has 0 bridgehead atoms.